The first kappa shape index (κ1) is 28.3. The lowest BCUT2D eigenvalue weighted by atomic mass is 9.82. The van der Waals surface area contributed by atoms with Gasteiger partial charge in [-0.25, -0.2) is 4.39 Å². The summed E-state index contributed by atoms with van der Waals surface area (Å²) in [4.78, 5) is 37.8. The van der Waals surface area contributed by atoms with Gasteiger partial charge in [-0.15, -0.1) is 0 Å². The molecule has 3 rings (SSSR count). The average molecular weight is 523 g/mol. The molecule has 1 atom stereocenters. The minimum Gasteiger partial charge on any atom is -0.380 e. The topological polar surface area (TPSA) is 84.5 Å². The Morgan fingerprint density at radius 3 is 2.19 bits per heavy atom. The highest BCUT2D eigenvalue weighted by Crippen LogP contribution is 2.30. The standard InChI is InChI=1S/C27H30F4N2O4/c1-26(2,25(36)32-19-9-10-19)20-11-6-17(12-21(20)28)13-22(34)24(33-23(35)14-27(29,30)31)18-7-4-16(5-8-18)15-37-3/h4-8,11-12,19,24H,9-10,13-15H2,1-3H3,(H,32,36)(H,33,35). The maximum Gasteiger partial charge on any atom is 0.397 e. The SMILES string of the molecule is COCc1ccc(C(NC(=O)CC(F)(F)F)C(=O)Cc2ccc(C(C)(C)C(=O)NC3CC3)c(F)c2)cc1. The molecular formula is C27H30F4N2O4. The summed E-state index contributed by atoms with van der Waals surface area (Å²) in [6.45, 7) is 3.50. The highest BCUT2D eigenvalue weighted by atomic mass is 19.4. The van der Waals surface area contributed by atoms with E-state index in [9.17, 15) is 27.6 Å². The second-order valence-corrected chi connectivity index (χ2v) is 9.80. The van der Waals surface area contributed by atoms with E-state index in [2.05, 4.69) is 10.6 Å². The lowest BCUT2D eigenvalue weighted by molar-refractivity contribution is -0.155. The third-order valence-corrected chi connectivity index (χ3v) is 6.18. The zero-order valence-electron chi connectivity index (χ0n) is 20.9. The third-order valence-electron chi connectivity index (χ3n) is 6.18. The van der Waals surface area contributed by atoms with Crippen molar-refractivity contribution in [1.29, 1.82) is 0 Å². The molecule has 0 aromatic heterocycles. The van der Waals surface area contributed by atoms with Gasteiger partial charge in [-0.3, -0.25) is 14.4 Å². The molecule has 37 heavy (non-hydrogen) atoms. The van der Waals surface area contributed by atoms with Gasteiger partial charge in [0.15, 0.2) is 5.78 Å². The number of hydrogen-bond acceptors (Lipinski definition) is 4. The number of methoxy groups -OCH3 is 1. The summed E-state index contributed by atoms with van der Waals surface area (Å²) < 4.78 is 58.3. The zero-order valence-corrected chi connectivity index (χ0v) is 20.9. The fourth-order valence-corrected chi connectivity index (χ4v) is 3.91. The summed E-state index contributed by atoms with van der Waals surface area (Å²) >= 11 is 0. The van der Waals surface area contributed by atoms with Gasteiger partial charge < -0.3 is 15.4 Å². The van der Waals surface area contributed by atoms with Crippen LogP contribution in [0.3, 0.4) is 0 Å². The highest BCUT2D eigenvalue weighted by molar-refractivity contribution is 5.92. The van der Waals surface area contributed by atoms with Crippen LogP contribution in [-0.2, 0) is 37.6 Å². The van der Waals surface area contributed by atoms with Crippen molar-refractivity contribution in [3.05, 3.63) is 70.5 Å². The number of carbonyl (C=O) groups excluding carboxylic acids is 3. The van der Waals surface area contributed by atoms with E-state index >= 15 is 4.39 Å². The lowest BCUT2D eigenvalue weighted by Crippen LogP contribution is -2.41. The van der Waals surface area contributed by atoms with Crippen LogP contribution >= 0.6 is 0 Å². The smallest absolute Gasteiger partial charge is 0.380 e. The van der Waals surface area contributed by atoms with Crippen LogP contribution in [0.5, 0.6) is 0 Å². The van der Waals surface area contributed by atoms with E-state index in [4.69, 9.17) is 4.74 Å². The molecule has 0 saturated heterocycles. The first-order valence-corrected chi connectivity index (χ1v) is 11.9. The molecule has 0 radical (unpaired) electrons. The van der Waals surface area contributed by atoms with E-state index in [1.807, 2.05) is 0 Å². The van der Waals surface area contributed by atoms with Crippen LogP contribution in [-0.4, -0.2) is 36.9 Å². The Hall–Kier alpha value is -3.27. The lowest BCUT2D eigenvalue weighted by Gasteiger charge is -2.25. The average Bonchev–Trinajstić information content (AvgIpc) is 3.61. The number of Topliss-reactive ketones (excluding diaryl/α,β-unsaturated/α-hetero) is 1. The minimum absolute atomic E-state index is 0.111. The second kappa shape index (κ2) is 11.4. The van der Waals surface area contributed by atoms with Gasteiger partial charge in [0.25, 0.3) is 0 Å². The molecule has 0 bridgehead atoms. The second-order valence-electron chi connectivity index (χ2n) is 9.80. The van der Waals surface area contributed by atoms with Crippen LogP contribution in [0.25, 0.3) is 0 Å². The van der Waals surface area contributed by atoms with Crippen LogP contribution in [0.4, 0.5) is 17.6 Å². The van der Waals surface area contributed by atoms with Gasteiger partial charge in [-0.2, -0.15) is 13.2 Å². The Bertz CT molecular complexity index is 1140. The number of ether oxygens (including phenoxy) is 1. The molecule has 1 saturated carbocycles. The fourth-order valence-electron chi connectivity index (χ4n) is 3.91. The number of amides is 2. The van der Waals surface area contributed by atoms with Gasteiger partial charge in [0, 0.05) is 25.1 Å². The van der Waals surface area contributed by atoms with Gasteiger partial charge in [0.2, 0.25) is 11.8 Å². The maximum atomic E-state index is 15.0. The molecule has 200 valence electrons. The first-order valence-electron chi connectivity index (χ1n) is 11.9. The summed E-state index contributed by atoms with van der Waals surface area (Å²) in [5, 5.41) is 5.02. The molecule has 2 amide bonds. The normalized spacial score (nSPS) is 14.7. The molecule has 0 aliphatic heterocycles. The zero-order chi connectivity index (χ0) is 27.4. The van der Waals surface area contributed by atoms with Crippen LogP contribution in [0.15, 0.2) is 42.5 Å². The number of carbonyl (C=O) groups is 3. The Kier molecular flexibility index (Phi) is 8.73. The Morgan fingerprint density at radius 1 is 1.03 bits per heavy atom. The molecule has 1 fully saturated rings. The number of nitrogens with one attached hydrogen (secondary N) is 2. The molecular weight excluding hydrogens is 492 g/mol. The summed E-state index contributed by atoms with van der Waals surface area (Å²) in [7, 11) is 1.50. The molecule has 0 spiro atoms. The Morgan fingerprint density at radius 2 is 1.65 bits per heavy atom. The molecule has 6 nitrogen and oxygen atoms in total. The molecule has 10 heteroatoms. The quantitative estimate of drug-likeness (QED) is 0.427. The monoisotopic (exact) mass is 522 g/mol. The largest absolute Gasteiger partial charge is 0.397 e. The number of benzene rings is 2. The van der Waals surface area contributed by atoms with Gasteiger partial charge in [0.1, 0.15) is 18.3 Å². The van der Waals surface area contributed by atoms with Crippen molar-refractivity contribution in [2.45, 2.75) is 69.8 Å². The first-order chi connectivity index (χ1) is 17.3. The van der Waals surface area contributed by atoms with Crippen molar-refractivity contribution in [3.8, 4) is 0 Å². The van der Waals surface area contributed by atoms with E-state index < -0.39 is 41.6 Å². The maximum absolute atomic E-state index is 15.0. The molecule has 1 unspecified atom stereocenters. The number of alkyl halides is 3. The van der Waals surface area contributed by atoms with Crippen molar-refractivity contribution in [2.75, 3.05) is 7.11 Å². The molecule has 2 N–H and O–H groups in total. The molecule has 0 heterocycles. The van der Waals surface area contributed by atoms with Gasteiger partial charge in [0.05, 0.1) is 12.0 Å². The predicted molar refractivity (Wildman–Crippen MR) is 128 cm³/mol. The number of rotatable bonds is 11. The highest BCUT2D eigenvalue weighted by Gasteiger charge is 2.36. The van der Waals surface area contributed by atoms with Crippen molar-refractivity contribution >= 4 is 17.6 Å². The van der Waals surface area contributed by atoms with Gasteiger partial charge in [-0.05, 0) is 49.4 Å². The minimum atomic E-state index is -4.74. The van der Waals surface area contributed by atoms with Crippen LogP contribution in [0, 0.1) is 5.82 Å². The Balaban J connectivity index is 1.80. The molecule has 2 aromatic rings. The van der Waals surface area contributed by atoms with Gasteiger partial charge >= 0.3 is 6.18 Å². The van der Waals surface area contributed by atoms with Crippen LogP contribution in [0.1, 0.15) is 61.4 Å². The molecule has 1 aliphatic carbocycles. The van der Waals surface area contributed by atoms with E-state index in [0.717, 1.165) is 24.5 Å². The summed E-state index contributed by atoms with van der Waals surface area (Å²) in [5.41, 5.74) is 0.328. The van der Waals surface area contributed by atoms with E-state index in [1.165, 1.54) is 31.4 Å². The van der Waals surface area contributed by atoms with E-state index in [0.29, 0.717) is 6.61 Å². The molecule has 1 aliphatic rings. The third kappa shape index (κ3) is 7.85. The van der Waals surface area contributed by atoms with Crippen LogP contribution in [0.2, 0.25) is 0 Å². The van der Waals surface area contributed by atoms with Crippen molar-refractivity contribution < 1.29 is 36.7 Å². The Labute approximate surface area is 212 Å². The number of hydrogen-bond donors (Lipinski definition) is 2. The summed E-state index contributed by atoms with van der Waals surface area (Å²) in [6, 6.07) is 9.13. The van der Waals surface area contributed by atoms with Crippen molar-refractivity contribution in [1.82, 2.24) is 10.6 Å². The predicted octanol–water partition coefficient (Wildman–Crippen LogP) is 4.45. The van der Waals surface area contributed by atoms with E-state index in [1.54, 1.807) is 26.0 Å². The summed E-state index contributed by atoms with van der Waals surface area (Å²) in [5.74, 6) is -2.95. The fraction of sp³-hybridized carbons (Fsp3) is 0.444. The summed E-state index contributed by atoms with van der Waals surface area (Å²) in [6.07, 6.45) is -5.04. The number of ketones is 1. The van der Waals surface area contributed by atoms with Crippen molar-refractivity contribution in [2.24, 2.45) is 0 Å². The van der Waals surface area contributed by atoms with Crippen LogP contribution < -0.4 is 10.6 Å². The van der Waals surface area contributed by atoms with Crippen molar-refractivity contribution in [3.63, 3.8) is 0 Å². The van der Waals surface area contributed by atoms with E-state index in [-0.39, 0.29) is 35.1 Å². The molecule has 2 aromatic carbocycles. The number of halogens is 4. The van der Waals surface area contributed by atoms with Gasteiger partial charge in [-0.1, -0.05) is 36.4 Å².